The maximum absolute atomic E-state index is 12.9. The van der Waals surface area contributed by atoms with Gasteiger partial charge in [-0.05, 0) is 55.0 Å². The average Bonchev–Trinajstić information content (AvgIpc) is 3.45. The van der Waals surface area contributed by atoms with Gasteiger partial charge in [-0.25, -0.2) is 4.98 Å². The van der Waals surface area contributed by atoms with Crippen LogP contribution in [0.1, 0.15) is 82.0 Å². The first kappa shape index (κ1) is 22.9. The standard InChI is InChI=1S/C29H37N3O2/c1-3-21(2)22-13-15-25(16-14-22)34-18-17-31-27-12-8-7-11-26(27)30-29(31)23-19-28(33)32(20-23)24-9-5-4-6-10-24/h7-8,11-16,21,23-24H,3-6,9-10,17-20H2,1-2H3. The van der Waals surface area contributed by atoms with Gasteiger partial charge in [-0.15, -0.1) is 0 Å². The number of hydrogen-bond donors (Lipinski definition) is 0. The molecule has 2 heterocycles. The molecule has 2 aromatic carbocycles. The number of carbonyl (C=O) groups is 1. The van der Waals surface area contributed by atoms with Crippen LogP contribution >= 0.6 is 0 Å². The van der Waals surface area contributed by atoms with Gasteiger partial charge in [0.15, 0.2) is 0 Å². The zero-order valence-corrected chi connectivity index (χ0v) is 20.6. The Balaban J connectivity index is 1.31. The van der Waals surface area contributed by atoms with E-state index in [0.717, 1.165) is 55.0 Å². The van der Waals surface area contributed by atoms with Gasteiger partial charge in [0.05, 0.1) is 17.6 Å². The highest BCUT2D eigenvalue weighted by Gasteiger charge is 2.37. The Labute approximate surface area is 203 Å². The van der Waals surface area contributed by atoms with Gasteiger partial charge in [0.25, 0.3) is 0 Å². The van der Waals surface area contributed by atoms with Gasteiger partial charge in [-0.3, -0.25) is 4.79 Å². The van der Waals surface area contributed by atoms with Crippen LogP contribution in [0.3, 0.4) is 0 Å². The van der Waals surface area contributed by atoms with E-state index in [2.05, 4.69) is 65.8 Å². The van der Waals surface area contributed by atoms with Crippen LogP contribution in [0.4, 0.5) is 0 Å². The molecule has 34 heavy (non-hydrogen) atoms. The Hall–Kier alpha value is -2.82. The molecule has 2 atom stereocenters. The maximum atomic E-state index is 12.9. The van der Waals surface area contributed by atoms with Crippen LogP contribution in [-0.2, 0) is 11.3 Å². The van der Waals surface area contributed by atoms with Crippen LogP contribution < -0.4 is 4.74 Å². The predicted octanol–water partition coefficient (Wildman–Crippen LogP) is 6.28. The molecule has 2 aliphatic rings. The Morgan fingerprint density at radius 3 is 2.59 bits per heavy atom. The summed E-state index contributed by atoms with van der Waals surface area (Å²) in [6, 6.07) is 17.2. The van der Waals surface area contributed by atoms with Crippen molar-refractivity contribution in [2.75, 3.05) is 13.2 Å². The molecule has 5 nitrogen and oxygen atoms in total. The first-order valence-corrected chi connectivity index (χ1v) is 13.1. The fourth-order valence-electron chi connectivity index (χ4n) is 5.67. The topological polar surface area (TPSA) is 47.4 Å². The zero-order chi connectivity index (χ0) is 23.5. The smallest absolute Gasteiger partial charge is 0.223 e. The van der Waals surface area contributed by atoms with Gasteiger partial charge >= 0.3 is 0 Å². The zero-order valence-electron chi connectivity index (χ0n) is 20.6. The molecule has 0 N–H and O–H groups in total. The molecular weight excluding hydrogens is 422 g/mol. The van der Waals surface area contributed by atoms with E-state index < -0.39 is 0 Å². The molecule has 1 amide bonds. The molecular formula is C29H37N3O2. The molecule has 2 unspecified atom stereocenters. The van der Waals surface area contributed by atoms with Gasteiger partial charge in [-0.2, -0.15) is 0 Å². The second-order valence-corrected chi connectivity index (χ2v) is 10.1. The molecule has 3 aromatic rings. The Morgan fingerprint density at radius 1 is 1.06 bits per heavy atom. The summed E-state index contributed by atoms with van der Waals surface area (Å²) < 4.78 is 8.41. The molecule has 2 fully saturated rings. The van der Waals surface area contributed by atoms with Crippen molar-refractivity contribution in [2.24, 2.45) is 0 Å². The van der Waals surface area contributed by atoms with Crippen LogP contribution in [0.15, 0.2) is 48.5 Å². The third kappa shape index (κ3) is 4.70. The third-order valence-electron chi connectivity index (χ3n) is 7.87. The summed E-state index contributed by atoms with van der Waals surface area (Å²) in [4.78, 5) is 20.1. The quantitative estimate of drug-likeness (QED) is 0.398. The van der Waals surface area contributed by atoms with E-state index in [-0.39, 0.29) is 5.92 Å². The van der Waals surface area contributed by atoms with Crippen LogP contribution in [0.2, 0.25) is 0 Å². The lowest BCUT2D eigenvalue weighted by atomic mass is 9.94. The van der Waals surface area contributed by atoms with Gasteiger partial charge in [0, 0.05) is 24.9 Å². The largest absolute Gasteiger partial charge is 0.492 e. The number of carbonyl (C=O) groups excluding carboxylic acids is 1. The van der Waals surface area contributed by atoms with Gasteiger partial charge in [0.1, 0.15) is 18.2 Å². The molecule has 1 aliphatic carbocycles. The second kappa shape index (κ2) is 10.2. The summed E-state index contributed by atoms with van der Waals surface area (Å²) in [5, 5.41) is 0. The Bertz CT molecular complexity index is 1110. The summed E-state index contributed by atoms with van der Waals surface area (Å²) in [6.07, 6.45) is 7.80. The van der Waals surface area contributed by atoms with Crippen LogP contribution in [0, 0.1) is 0 Å². The number of benzene rings is 2. The van der Waals surface area contributed by atoms with E-state index >= 15 is 0 Å². The molecule has 1 saturated carbocycles. The van der Waals surface area contributed by atoms with Gasteiger partial charge < -0.3 is 14.2 Å². The van der Waals surface area contributed by atoms with Crippen LogP contribution in [0.5, 0.6) is 5.75 Å². The van der Waals surface area contributed by atoms with Crippen molar-refractivity contribution in [3.8, 4) is 5.75 Å². The van der Waals surface area contributed by atoms with Crippen molar-refractivity contribution in [1.82, 2.24) is 14.5 Å². The molecule has 0 radical (unpaired) electrons. The first-order chi connectivity index (χ1) is 16.6. The average molecular weight is 460 g/mol. The first-order valence-electron chi connectivity index (χ1n) is 13.1. The Kier molecular flexibility index (Phi) is 6.89. The van der Waals surface area contributed by atoms with E-state index in [1.165, 1.54) is 24.8 Å². The number of fused-ring (bicyclic) bond motifs is 1. The minimum Gasteiger partial charge on any atom is -0.492 e. The number of nitrogens with zero attached hydrogens (tertiary/aromatic N) is 3. The number of amides is 1. The van der Waals surface area contributed by atoms with E-state index in [0.29, 0.717) is 30.9 Å². The van der Waals surface area contributed by atoms with Crippen molar-refractivity contribution in [3.63, 3.8) is 0 Å². The number of ether oxygens (including phenoxy) is 1. The molecule has 1 aromatic heterocycles. The van der Waals surface area contributed by atoms with Crippen LogP contribution in [0.25, 0.3) is 11.0 Å². The summed E-state index contributed by atoms with van der Waals surface area (Å²) >= 11 is 0. The third-order valence-corrected chi connectivity index (χ3v) is 7.87. The number of rotatable bonds is 8. The summed E-state index contributed by atoms with van der Waals surface area (Å²) in [7, 11) is 0. The fourth-order valence-corrected chi connectivity index (χ4v) is 5.67. The summed E-state index contributed by atoms with van der Waals surface area (Å²) in [6.45, 7) is 6.56. The maximum Gasteiger partial charge on any atom is 0.223 e. The van der Waals surface area contributed by atoms with Crippen molar-refractivity contribution in [2.45, 2.75) is 83.2 Å². The highest BCUT2D eigenvalue weighted by molar-refractivity contribution is 5.81. The molecule has 5 heteroatoms. The number of imidazole rings is 1. The lowest BCUT2D eigenvalue weighted by Crippen LogP contribution is -2.37. The number of hydrogen-bond acceptors (Lipinski definition) is 3. The molecule has 1 aliphatic heterocycles. The van der Waals surface area contributed by atoms with Crippen molar-refractivity contribution < 1.29 is 9.53 Å². The highest BCUT2D eigenvalue weighted by Crippen LogP contribution is 2.34. The molecule has 0 spiro atoms. The molecule has 180 valence electrons. The van der Waals surface area contributed by atoms with E-state index in [4.69, 9.17) is 9.72 Å². The lowest BCUT2D eigenvalue weighted by Gasteiger charge is -2.31. The van der Waals surface area contributed by atoms with Gasteiger partial charge in [0.2, 0.25) is 5.91 Å². The van der Waals surface area contributed by atoms with Crippen molar-refractivity contribution >= 4 is 16.9 Å². The lowest BCUT2D eigenvalue weighted by molar-refractivity contribution is -0.130. The minimum atomic E-state index is 0.150. The van der Waals surface area contributed by atoms with E-state index in [1.54, 1.807) is 0 Å². The highest BCUT2D eigenvalue weighted by atomic mass is 16.5. The minimum absolute atomic E-state index is 0.150. The monoisotopic (exact) mass is 459 g/mol. The van der Waals surface area contributed by atoms with Crippen LogP contribution in [-0.4, -0.2) is 39.6 Å². The SMILES string of the molecule is CCC(C)c1ccc(OCCn2c(C3CC(=O)N(C4CCCCC4)C3)nc3ccccc32)cc1. The fraction of sp³-hybridized carbons (Fsp3) is 0.517. The number of para-hydroxylation sites is 2. The van der Waals surface area contributed by atoms with Crippen molar-refractivity contribution in [3.05, 3.63) is 59.9 Å². The van der Waals surface area contributed by atoms with E-state index in [1.807, 2.05) is 6.07 Å². The normalized spacial score (nSPS) is 20.2. The molecule has 1 saturated heterocycles. The second-order valence-electron chi connectivity index (χ2n) is 10.1. The summed E-state index contributed by atoms with van der Waals surface area (Å²) in [5.74, 6) is 2.95. The van der Waals surface area contributed by atoms with Gasteiger partial charge in [-0.1, -0.05) is 57.4 Å². The summed E-state index contributed by atoms with van der Waals surface area (Å²) in [5.41, 5.74) is 3.47. The number of likely N-dealkylation sites (tertiary alicyclic amines) is 1. The molecule has 5 rings (SSSR count). The predicted molar refractivity (Wildman–Crippen MR) is 136 cm³/mol. The Morgan fingerprint density at radius 2 is 1.82 bits per heavy atom. The van der Waals surface area contributed by atoms with E-state index in [9.17, 15) is 4.79 Å². The molecule has 0 bridgehead atoms. The number of aromatic nitrogens is 2. The van der Waals surface area contributed by atoms with Crippen molar-refractivity contribution in [1.29, 1.82) is 0 Å².